The Morgan fingerprint density at radius 2 is 1.91 bits per heavy atom. The van der Waals surface area contributed by atoms with E-state index in [0.717, 1.165) is 36.9 Å². The van der Waals surface area contributed by atoms with E-state index in [1.807, 2.05) is 17.9 Å². The molecule has 0 saturated heterocycles. The second-order valence-corrected chi connectivity index (χ2v) is 7.22. The van der Waals surface area contributed by atoms with Crippen LogP contribution in [0.2, 0.25) is 0 Å². The summed E-state index contributed by atoms with van der Waals surface area (Å²) in [6, 6.07) is 0. The van der Waals surface area contributed by atoms with E-state index >= 15 is 0 Å². The Hall–Kier alpha value is -1.69. The van der Waals surface area contributed by atoms with E-state index in [1.54, 1.807) is 0 Å². The summed E-state index contributed by atoms with van der Waals surface area (Å²) in [4.78, 5) is 4.65. The first-order chi connectivity index (χ1) is 11.2. The standard InChI is InChI=1S/C17H25N5O/c1-22-11-13(14(20-22)12-7-3-2-4-8-12)15-19-16(21-23-15)17(18)9-5-6-10-17/h11-12H,2-10,18H2,1H3. The maximum Gasteiger partial charge on any atom is 0.261 e. The molecule has 0 amide bonds. The van der Waals surface area contributed by atoms with Crippen LogP contribution in [0.4, 0.5) is 0 Å². The van der Waals surface area contributed by atoms with Crippen molar-refractivity contribution in [1.82, 2.24) is 19.9 Å². The van der Waals surface area contributed by atoms with E-state index in [-0.39, 0.29) is 0 Å². The van der Waals surface area contributed by atoms with Crippen LogP contribution in [0.25, 0.3) is 11.5 Å². The van der Waals surface area contributed by atoms with E-state index < -0.39 is 5.54 Å². The van der Waals surface area contributed by atoms with Crippen LogP contribution in [0.5, 0.6) is 0 Å². The predicted molar refractivity (Wildman–Crippen MR) is 86.7 cm³/mol. The maximum atomic E-state index is 6.45. The Morgan fingerprint density at radius 3 is 2.65 bits per heavy atom. The molecule has 0 aromatic carbocycles. The smallest absolute Gasteiger partial charge is 0.261 e. The molecule has 0 atom stereocenters. The summed E-state index contributed by atoms with van der Waals surface area (Å²) in [6.45, 7) is 0. The highest BCUT2D eigenvalue weighted by atomic mass is 16.5. The molecular weight excluding hydrogens is 290 g/mol. The molecule has 4 rings (SSSR count). The molecule has 2 aliphatic carbocycles. The van der Waals surface area contributed by atoms with Gasteiger partial charge in [0.1, 0.15) is 0 Å². The quantitative estimate of drug-likeness (QED) is 0.940. The van der Waals surface area contributed by atoms with Gasteiger partial charge in [-0.15, -0.1) is 0 Å². The lowest BCUT2D eigenvalue weighted by molar-refractivity contribution is 0.372. The van der Waals surface area contributed by atoms with Crippen molar-refractivity contribution >= 4 is 0 Å². The molecule has 2 heterocycles. The average molecular weight is 315 g/mol. The summed E-state index contributed by atoms with van der Waals surface area (Å²) in [5.74, 6) is 1.74. The fraction of sp³-hybridized carbons (Fsp3) is 0.706. The first-order valence-electron chi connectivity index (χ1n) is 8.83. The summed E-state index contributed by atoms with van der Waals surface area (Å²) in [6.07, 6.45) is 12.4. The molecule has 0 bridgehead atoms. The van der Waals surface area contributed by atoms with Crippen LogP contribution >= 0.6 is 0 Å². The van der Waals surface area contributed by atoms with Crippen LogP contribution in [-0.4, -0.2) is 19.9 Å². The Balaban J connectivity index is 1.67. The molecule has 124 valence electrons. The zero-order chi connectivity index (χ0) is 15.9. The SMILES string of the molecule is Cn1cc(-c2nc(C3(N)CCCC3)no2)c(C2CCCCC2)n1. The van der Waals surface area contributed by atoms with E-state index in [0.29, 0.717) is 17.6 Å². The van der Waals surface area contributed by atoms with Gasteiger partial charge in [-0.05, 0) is 25.7 Å². The number of aromatic nitrogens is 4. The molecule has 0 aliphatic heterocycles. The summed E-state index contributed by atoms with van der Waals surface area (Å²) >= 11 is 0. The Morgan fingerprint density at radius 1 is 1.17 bits per heavy atom. The van der Waals surface area contributed by atoms with E-state index in [9.17, 15) is 0 Å². The third-order valence-corrected chi connectivity index (χ3v) is 5.45. The first kappa shape index (κ1) is 14.9. The summed E-state index contributed by atoms with van der Waals surface area (Å²) in [5, 5.41) is 8.89. The fourth-order valence-corrected chi connectivity index (χ4v) is 4.11. The number of nitrogens with zero attached hydrogens (tertiary/aromatic N) is 4. The van der Waals surface area contributed by atoms with E-state index in [1.165, 1.54) is 32.1 Å². The van der Waals surface area contributed by atoms with E-state index in [2.05, 4.69) is 10.1 Å². The molecular formula is C17H25N5O. The van der Waals surface area contributed by atoms with Gasteiger partial charge in [-0.3, -0.25) is 4.68 Å². The zero-order valence-electron chi connectivity index (χ0n) is 13.8. The number of hydrogen-bond acceptors (Lipinski definition) is 5. The molecule has 2 aliphatic rings. The van der Waals surface area contributed by atoms with Crippen molar-refractivity contribution in [2.45, 2.75) is 69.2 Å². The van der Waals surface area contributed by atoms with Crippen molar-refractivity contribution < 1.29 is 4.52 Å². The van der Waals surface area contributed by atoms with Crippen LogP contribution in [0.15, 0.2) is 10.7 Å². The van der Waals surface area contributed by atoms with Gasteiger partial charge in [0, 0.05) is 19.2 Å². The van der Waals surface area contributed by atoms with Gasteiger partial charge in [0.25, 0.3) is 5.89 Å². The summed E-state index contributed by atoms with van der Waals surface area (Å²) in [7, 11) is 1.95. The number of rotatable bonds is 3. The molecule has 2 aromatic heterocycles. The molecule has 0 unspecified atom stereocenters. The second kappa shape index (κ2) is 5.74. The molecule has 6 heteroatoms. The first-order valence-corrected chi connectivity index (χ1v) is 8.83. The molecule has 0 spiro atoms. The lowest BCUT2D eigenvalue weighted by atomic mass is 9.85. The minimum atomic E-state index is -0.408. The maximum absolute atomic E-state index is 6.45. The van der Waals surface area contributed by atoms with Gasteiger partial charge in [-0.25, -0.2) is 0 Å². The van der Waals surface area contributed by atoms with Crippen molar-refractivity contribution in [3.63, 3.8) is 0 Å². The van der Waals surface area contributed by atoms with Crippen molar-refractivity contribution in [3.05, 3.63) is 17.7 Å². The van der Waals surface area contributed by atoms with Crippen LogP contribution in [0, 0.1) is 0 Å². The molecule has 2 aromatic rings. The van der Waals surface area contributed by atoms with Crippen molar-refractivity contribution in [2.75, 3.05) is 0 Å². The summed E-state index contributed by atoms with van der Waals surface area (Å²) < 4.78 is 7.44. The van der Waals surface area contributed by atoms with Gasteiger partial charge >= 0.3 is 0 Å². The molecule has 2 N–H and O–H groups in total. The lowest BCUT2D eigenvalue weighted by Crippen LogP contribution is -2.34. The van der Waals surface area contributed by atoms with Crippen LogP contribution < -0.4 is 5.73 Å². The largest absolute Gasteiger partial charge is 0.334 e. The highest BCUT2D eigenvalue weighted by molar-refractivity contribution is 5.56. The Labute approximate surface area is 136 Å². The average Bonchev–Trinajstić information content (AvgIpc) is 3.27. The van der Waals surface area contributed by atoms with Crippen LogP contribution in [-0.2, 0) is 12.6 Å². The van der Waals surface area contributed by atoms with Crippen LogP contribution in [0.1, 0.15) is 75.2 Å². The van der Waals surface area contributed by atoms with Crippen molar-refractivity contribution in [2.24, 2.45) is 12.8 Å². The highest BCUT2D eigenvalue weighted by Crippen LogP contribution is 2.38. The topological polar surface area (TPSA) is 82.8 Å². The van der Waals surface area contributed by atoms with Crippen LogP contribution in [0.3, 0.4) is 0 Å². The monoisotopic (exact) mass is 315 g/mol. The Kier molecular flexibility index (Phi) is 3.71. The minimum Gasteiger partial charge on any atom is -0.334 e. The van der Waals surface area contributed by atoms with Gasteiger partial charge in [-0.1, -0.05) is 37.3 Å². The summed E-state index contributed by atoms with van der Waals surface area (Å²) in [5.41, 5.74) is 8.14. The molecule has 23 heavy (non-hydrogen) atoms. The molecule has 2 fully saturated rings. The van der Waals surface area contributed by atoms with E-state index in [4.69, 9.17) is 15.4 Å². The van der Waals surface area contributed by atoms with Gasteiger partial charge in [-0.2, -0.15) is 10.1 Å². The normalized spacial score (nSPS) is 21.8. The number of hydrogen-bond donors (Lipinski definition) is 1. The van der Waals surface area contributed by atoms with Gasteiger partial charge in [0.15, 0.2) is 5.82 Å². The number of nitrogens with two attached hydrogens (primary N) is 1. The van der Waals surface area contributed by atoms with Gasteiger partial charge < -0.3 is 10.3 Å². The molecule has 0 radical (unpaired) electrons. The zero-order valence-corrected chi connectivity index (χ0v) is 13.8. The van der Waals surface area contributed by atoms with Crippen molar-refractivity contribution in [3.8, 4) is 11.5 Å². The second-order valence-electron chi connectivity index (χ2n) is 7.22. The molecule has 6 nitrogen and oxygen atoms in total. The number of aryl methyl sites for hydroxylation is 1. The van der Waals surface area contributed by atoms with Crippen molar-refractivity contribution in [1.29, 1.82) is 0 Å². The fourth-order valence-electron chi connectivity index (χ4n) is 4.11. The third kappa shape index (κ3) is 2.69. The predicted octanol–water partition coefficient (Wildman–Crippen LogP) is 3.25. The molecule has 2 saturated carbocycles. The third-order valence-electron chi connectivity index (χ3n) is 5.45. The Bertz CT molecular complexity index is 677. The highest BCUT2D eigenvalue weighted by Gasteiger charge is 2.36. The lowest BCUT2D eigenvalue weighted by Gasteiger charge is -2.20. The van der Waals surface area contributed by atoms with Gasteiger partial charge in [0.05, 0.1) is 16.8 Å². The van der Waals surface area contributed by atoms with Gasteiger partial charge in [0.2, 0.25) is 0 Å². The minimum absolute atomic E-state index is 0.408.